The van der Waals surface area contributed by atoms with Gasteiger partial charge in [-0.15, -0.1) is 0 Å². The maximum atomic E-state index is 14.9. The van der Waals surface area contributed by atoms with Crippen molar-refractivity contribution in [1.82, 2.24) is 9.97 Å². The summed E-state index contributed by atoms with van der Waals surface area (Å²) in [7, 11) is 0. The first-order valence-electron chi connectivity index (χ1n) is 27.7. The number of nitrogens with zero attached hydrogens (tertiary/aromatic N) is 2. The Morgan fingerprint density at radius 1 is 0.790 bits per heavy atom. The van der Waals surface area contributed by atoms with Crippen LogP contribution < -0.4 is 14.2 Å². The van der Waals surface area contributed by atoms with Crippen LogP contribution in [0.5, 0.6) is 17.2 Å². The maximum Gasteiger partial charge on any atom is 0.343 e. The Labute approximate surface area is 480 Å². The lowest BCUT2D eigenvalue weighted by Crippen LogP contribution is -2.19. The molecule has 0 amide bonds. The lowest BCUT2D eigenvalue weighted by Gasteiger charge is -2.18. The van der Waals surface area contributed by atoms with Crippen LogP contribution in [0.25, 0.3) is 38.3 Å². The topological polar surface area (TPSA) is 117 Å². The number of carbonyl (C=O) groups excluding carboxylic acids is 2. The number of allylic oxidation sites excluding steroid dienone is 1. The number of halogens is 1. The predicted octanol–water partition coefficient (Wildman–Crippen LogP) is 16.4. The number of ether oxygens (including phenoxy) is 5. The minimum atomic E-state index is -0.633. The van der Waals surface area contributed by atoms with Crippen molar-refractivity contribution >= 4 is 74.6 Å². The summed E-state index contributed by atoms with van der Waals surface area (Å²) < 4.78 is 45.9. The highest BCUT2D eigenvalue weighted by molar-refractivity contribution is 8.25. The summed E-state index contributed by atoms with van der Waals surface area (Å²) in [4.78, 5) is 41.7. The van der Waals surface area contributed by atoms with Crippen LogP contribution in [0.3, 0.4) is 0 Å². The van der Waals surface area contributed by atoms with E-state index in [0.29, 0.717) is 76.3 Å². The molecule has 11 rings (SSSR count). The number of carbonyl (C=O) groups is 2. The maximum absolute atomic E-state index is 14.9. The van der Waals surface area contributed by atoms with E-state index in [2.05, 4.69) is 59.8 Å². The molecule has 3 aliphatic rings. The summed E-state index contributed by atoms with van der Waals surface area (Å²) >= 11 is 3.09. The molecule has 0 radical (unpaired) electrons. The molecule has 10 nitrogen and oxygen atoms in total. The van der Waals surface area contributed by atoms with Gasteiger partial charge in [-0.1, -0.05) is 129 Å². The van der Waals surface area contributed by atoms with Gasteiger partial charge in [-0.05, 0) is 163 Å². The smallest absolute Gasteiger partial charge is 0.343 e. The quantitative estimate of drug-likeness (QED) is 0.0222. The molecule has 0 bridgehead atoms. The summed E-state index contributed by atoms with van der Waals surface area (Å²) in [6.45, 7) is 17.6. The lowest BCUT2D eigenvalue weighted by atomic mass is 9.90. The number of aromatic nitrogens is 2. The molecule has 3 unspecified atom stereocenters. The Bertz CT molecular complexity index is 3890. The highest BCUT2D eigenvalue weighted by Gasteiger charge is 2.43. The molecule has 7 aromatic carbocycles. The fraction of sp³-hybridized carbons (Fsp3) is 0.265. The Kier molecular flexibility index (Phi) is 16.9. The van der Waals surface area contributed by atoms with Crippen molar-refractivity contribution in [3.63, 3.8) is 0 Å². The molecule has 8 aromatic rings. The predicted molar refractivity (Wildman–Crippen MR) is 320 cm³/mol. The molecule has 1 aromatic heterocycles. The molecule has 1 saturated heterocycles. The van der Waals surface area contributed by atoms with Crippen molar-refractivity contribution in [2.24, 2.45) is 5.92 Å². The monoisotopic (exact) mass is 1110 g/mol. The summed E-state index contributed by atoms with van der Waals surface area (Å²) in [6, 6.07) is 37.5. The number of hydrogen-bond acceptors (Lipinski definition) is 10. The molecule has 0 spiro atoms. The second-order valence-corrected chi connectivity index (χ2v) is 23.1. The molecular formula is C68H60FN3O7S2. The molecule has 1 saturated carbocycles. The Morgan fingerprint density at radius 2 is 1.49 bits per heavy atom. The molecule has 1 N–H and O–H groups in total. The van der Waals surface area contributed by atoms with Gasteiger partial charge in [0.1, 0.15) is 22.8 Å². The van der Waals surface area contributed by atoms with Gasteiger partial charge >= 0.3 is 11.9 Å². The van der Waals surface area contributed by atoms with E-state index in [-0.39, 0.29) is 17.1 Å². The van der Waals surface area contributed by atoms with E-state index in [1.54, 1.807) is 73.3 Å². The first kappa shape index (κ1) is 55.0. The lowest BCUT2D eigenvalue weighted by molar-refractivity contribution is 0.0728. The molecule has 2 aliphatic heterocycles. The van der Waals surface area contributed by atoms with Gasteiger partial charge in [-0.2, -0.15) is 0 Å². The summed E-state index contributed by atoms with van der Waals surface area (Å²) in [6.07, 6.45) is 12.2. The van der Waals surface area contributed by atoms with Crippen molar-refractivity contribution in [1.29, 1.82) is 0 Å². The summed E-state index contributed by atoms with van der Waals surface area (Å²) in [5, 5.41) is 1.79. The molecule has 13 heteroatoms. The van der Waals surface area contributed by atoms with Crippen molar-refractivity contribution in [3.8, 4) is 29.1 Å². The van der Waals surface area contributed by atoms with Gasteiger partial charge in [0.05, 0.1) is 51.2 Å². The molecule has 3 atom stereocenters. The number of epoxide rings is 1. The van der Waals surface area contributed by atoms with Gasteiger partial charge in [0.25, 0.3) is 0 Å². The first-order chi connectivity index (χ1) is 39.5. The Balaban J connectivity index is 0.828. The van der Waals surface area contributed by atoms with Crippen LogP contribution in [0, 0.1) is 44.0 Å². The fourth-order valence-electron chi connectivity index (χ4n) is 10.5. The van der Waals surface area contributed by atoms with Crippen LogP contribution in [0.1, 0.15) is 118 Å². The Morgan fingerprint density at radius 3 is 2.26 bits per heavy atom. The molecule has 1 aliphatic carbocycles. The third-order valence-electron chi connectivity index (χ3n) is 14.9. The number of hydrogen-bond donors (Lipinski definition) is 1. The zero-order chi connectivity index (χ0) is 56.0. The van der Waals surface area contributed by atoms with Crippen molar-refractivity contribution in [2.75, 3.05) is 19.8 Å². The van der Waals surface area contributed by atoms with Crippen molar-refractivity contribution in [2.45, 2.75) is 101 Å². The van der Waals surface area contributed by atoms with E-state index in [1.807, 2.05) is 61.5 Å². The number of thioether (sulfide) groups is 2. The van der Waals surface area contributed by atoms with E-state index in [4.69, 9.17) is 35.2 Å². The number of aryl methyl sites for hydroxylation is 4. The number of fused-ring (bicyclic) bond motifs is 4. The third-order valence-corrected chi connectivity index (χ3v) is 17.6. The second-order valence-electron chi connectivity index (χ2n) is 20.8. The molecular weight excluding hydrogens is 1050 g/mol. The molecule has 2 fully saturated rings. The van der Waals surface area contributed by atoms with Gasteiger partial charge in [0, 0.05) is 35.7 Å². The number of nitrogens with one attached hydrogen (secondary N) is 1. The summed E-state index contributed by atoms with van der Waals surface area (Å²) in [5.41, 5.74) is 9.25. The number of benzene rings is 7. The SMILES string of the molecule is [C-]#[N+]c1ccc(/C(=C2\Sc3c(c(C)c4[nH]c(C#C/C=C/c5ccc(CCC)cc5F)nc4c3OC(=O)c3ccc(OC(=O)c4ccc5cc(OCCCOCC6CCC7OC7C6)ccc5c4)c(C)c3)S2)c2ccc(CCC)cc2)cc1. The van der Waals surface area contributed by atoms with Gasteiger partial charge < -0.3 is 28.7 Å². The number of esters is 2. The molecule has 3 heterocycles. The van der Waals surface area contributed by atoms with Crippen LogP contribution >= 0.6 is 23.5 Å². The van der Waals surface area contributed by atoms with Crippen LogP contribution in [0.15, 0.2) is 141 Å². The number of imidazole rings is 1. The highest BCUT2D eigenvalue weighted by atomic mass is 32.2. The average Bonchev–Trinajstić information content (AvgIpc) is 4.11. The minimum absolute atomic E-state index is 0.243. The second kappa shape index (κ2) is 24.8. The van der Waals surface area contributed by atoms with Crippen molar-refractivity contribution in [3.05, 3.63) is 205 Å². The van der Waals surface area contributed by atoms with E-state index in [0.717, 1.165) is 110 Å². The van der Waals surface area contributed by atoms with Crippen molar-refractivity contribution < 1.29 is 37.7 Å². The van der Waals surface area contributed by atoms with Gasteiger partial charge in [0.15, 0.2) is 17.3 Å². The van der Waals surface area contributed by atoms with Gasteiger partial charge in [-0.3, -0.25) is 0 Å². The third kappa shape index (κ3) is 12.7. The van der Waals surface area contributed by atoms with Crippen LogP contribution in [-0.2, 0) is 22.3 Å². The van der Waals surface area contributed by atoms with Crippen LogP contribution in [0.2, 0.25) is 0 Å². The van der Waals surface area contributed by atoms with E-state index in [1.165, 1.54) is 23.7 Å². The van der Waals surface area contributed by atoms with E-state index >= 15 is 0 Å². The molecule has 81 heavy (non-hydrogen) atoms. The van der Waals surface area contributed by atoms with E-state index in [9.17, 15) is 14.0 Å². The number of H-pyrrole nitrogens is 1. The standard InChI is InChI=1S/C68H60FN3O7S2/c1-6-11-43-15-20-47(21-16-43)60(48-24-28-53(70-5)29-25-48)68-80-64-42(4)61-62(72-59(71-61)14-9-8-13-46-19-17-44(12-7-2)36-55(46)69)63(65(64)81-68)79-67(74)51-27-32-56(41(3)35-51)78-66(73)52-23-22-50-39-54(30-26-49(50)38-52)76-34-10-33-75-40-45-18-31-57-58(37-45)77-57/h8,13,15-17,19-30,32,35-36,38-39,45,57-58H,6-7,10-12,18,31,33-34,37,40H2,1-4H3,(H,71,72)/b13-8+,68-60-. The Hall–Kier alpha value is -7.91. The summed E-state index contributed by atoms with van der Waals surface area (Å²) in [5.74, 6) is 6.84. The highest BCUT2D eigenvalue weighted by Crippen LogP contribution is 2.60. The number of rotatable bonds is 18. The first-order valence-corrected chi connectivity index (χ1v) is 29.3. The average molecular weight is 1110 g/mol. The van der Waals surface area contributed by atoms with Gasteiger partial charge in [0.2, 0.25) is 0 Å². The van der Waals surface area contributed by atoms with Crippen LogP contribution in [0.4, 0.5) is 10.1 Å². The van der Waals surface area contributed by atoms with Crippen LogP contribution in [-0.4, -0.2) is 53.9 Å². The minimum Gasteiger partial charge on any atom is -0.493 e. The van der Waals surface area contributed by atoms with E-state index < -0.39 is 11.9 Å². The number of aromatic amines is 1. The largest absolute Gasteiger partial charge is 0.493 e. The zero-order valence-electron chi connectivity index (χ0n) is 45.7. The van der Waals surface area contributed by atoms with Gasteiger partial charge in [-0.25, -0.2) is 23.8 Å². The normalized spacial score (nSPS) is 16.8. The fourth-order valence-corrected chi connectivity index (χ4v) is 13.4. The molecule has 408 valence electrons. The zero-order valence-corrected chi connectivity index (χ0v) is 47.3.